The summed E-state index contributed by atoms with van der Waals surface area (Å²) in [6, 6.07) is 0. The van der Waals surface area contributed by atoms with Crippen LogP contribution in [0, 0.1) is 19.8 Å². The fourth-order valence-electron chi connectivity index (χ4n) is 2.97. The van der Waals surface area contributed by atoms with Crippen LogP contribution in [0.4, 0.5) is 0 Å². The quantitative estimate of drug-likeness (QED) is 0.859. The van der Waals surface area contributed by atoms with Crippen molar-refractivity contribution in [2.45, 2.75) is 33.1 Å². The van der Waals surface area contributed by atoms with Gasteiger partial charge in [0.2, 0.25) is 5.91 Å². The number of aromatic nitrogens is 2. The number of hydrogen-bond donors (Lipinski definition) is 1. The number of hydrogen-bond acceptors (Lipinski definition) is 3. The number of aliphatic hydroxyl groups is 1. The van der Waals surface area contributed by atoms with E-state index in [1.54, 1.807) is 6.08 Å². The molecule has 1 atom stereocenters. The predicted molar refractivity (Wildman–Crippen MR) is 82.7 cm³/mol. The molecule has 1 aliphatic rings. The molecule has 1 aromatic heterocycles. The highest BCUT2D eigenvalue weighted by atomic mass is 16.3. The summed E-state index contributed by atoms with van der Waals surface area (Å²) < 4.78 is 1.83. The van der Waals surface area contributed by atoms with Crippen molar-refractivity contribution in [2.75, 3.05) is 19.7 Å². The van der Waals surface area contributed by atoms with Crippen LogP contribution < -0.4 is 0 Å². The highest BCUT2D eigenvalue weighted by molar-refractivity contribution is 5.92. The minimum Gasteiger partial charge on any atom is -0.396 e. The molecular weight excluding hydrogens is 266 g/mol. The second-order valence-electron chi connectivity index (χ2n) is 5.85. The number of aryl methyl sites for hydroxylation is 2. The van der Waals surface area contributed by atoms with Crippen LogP contribution in [0.25, 0.3) is 6.08 Å². The Kier molecular flexibility index (Phi) is 5.17. The zero-order valence-corrected chi connectivity index (χ0v) is 13.2. The maximum absolute atomic E-state index is 12.3. The van der Waals surface area contributed by atoms with E-state index >= 15 is 0 Å². The molecule has 116 valence electrons. The van der Waals surface area contributed by atoms with Crippen molar-refractivity contribution in [1.29, 1.82) is 0 Å². The third-order valence-electron chi connectivity index (χ3n) is 4.33. The van der Waals surface area contributed by atoms with Crippen molar-refractivity contribution < 1.29 is 9.90 Å². The van der Waals surface area contributed by atoms with Gasteiger partial charge >= 0.3 is 0 Å². The molecule has 1 aliphatic heterocycles. The second kappa shape index (κ2) is 6.89. The van der Waals surface area contributed by atoms with Crippen molar-refractivity contribution in [2.24, 2.45) is 13.0 Å². The highest BCUT2D eigenvalue weighted by Gasteiger charge is 2.22. The van der Waals surface area contributed by atoms with E-state index in [0.29, 0.717) is 5.92 Å². The first-order chi connectivity index (χ1) is 10.0. The number of amides is 1. The lowest BCUT2D eigenvalue weighted by Crippen LogP contribution is -2.39. The summed E-state index contributed by atoms with van der Waals surface area (Å²) in [6.45, 7) is 5.74. The van der Waals surface area contributed by atoms with Gasteiger partial charge in [0.25, 0.3) is 0 Å². The van der Waals surface area contributed by atoms with Gasteiger partial charge in [0.1, 0.15) is 0 Å². The van der Waals surface area contributed by atoms with Gasteiger partial charge < -0.3 is 10.0 Å². The number of piperidine rings is 1. The van der Waals surface area contributed by atoms with Crippen molar-refractivity contribution in [3.05, 3.63) is 23.0 Å². The fraction of sp³-hybridized carbons (Fsp3) is 0.625. The molecule has 1 unspecified atom stereocenters. The van der Waals surface area contributed by atoms with E-state index in [1.165, 1.54) is 0 Å². The first kappa shape index (κ1) is 15.8. The molecule has 2 rings (SSSR count). The molecule has 0 spiro atoms. The second-order valence-corrected chi connectivity index (χ2v) is 5.85. The van der Waals surface area contributed by atoms with Crippen molar-refractivity contribution >= 4 is 12.0 Å². The zero-order valence-electron chi connectivity index (χ0n) is 13.2. The van der Waals surface area contributed by atoms with Crippen LogP contribution in [0.2, 0.25) is 0 Å². The number of rotatable bonds is 4. The van der Waals surface area contributed by atoms with E-state index in [4.69, 9.17) is 5.11 Å². The van der Waals surface area contributed by atoms with E-state index in [1.807, 2.05) is 36.6 Å². The topological polar surface area (TPSA) is 58.4 Å². The van der Waals surface area contributed by atoms with Crippen LogP contribution in [0.5, 0.6) is 0 Å². The Balaban J connectivity index is 2.02. The maximum Gasteiger partial charge on any atom is 0.246 e. The average molecular weight is 291 g/mol. The number of carbonyl (C=O) groups excluding carboxylic acids is 1. The number of aliphatic hydroxyl groups excluding tert-OH is 1. The van der Waals surface area contributed by atoms with Crippen LogP contribution in [-0.4, -0.2) is 45.4 Å². The Bertz CT molecular complexity index is 532. The average Bonchev–Trinajstić information content (AvgIpc) is 2.70. The zero-order chi connectivity index (χ0) is 15.4. The van der Waals surface area contributed by atoms with Crippen LogP contribution in [0.1, 0.15) is 36.2 Å². The lowest BCUT2D eigenvalue weighted by molar-refractivity contribution is -0.127. The summed E-state index contributed by atoms with van der Waals surface area (Å²) in [6.07, 6.45) is 6.44. The summed E-state index contributed by atoms with van der Waals surface area (Å²) in [5.74, 6) is 0.489. The molecule has 1 N–H and O–H groups in total. The molecule has 0 saturated carbocycles. The number of likely N-dealkylation sites (tertiary alicyclic amines) is 1. The lowest BCUT2D eigenvalue weighted by atomic mass is 9.95. The Labute approximate surface area is 126 Å². The maximum atomic E-state index is 12.3. The van der Waals surface area contributed by atoms with Gasteiger partial charge in [0, 0.05) is 44.1 Å². The van der Waals surface area contributed by atoms with E-state index in [-0.39, 0.29) is 12.5 Å². The summed E-state index contributed by atoms with van der Waals surface area (Å²) >= 11 is 0. The highest BCUT2D eigenvalue weighted by Crippen LogP contribution is 2.20. The van der Waals surface area contributed by atoms with Crippen LogP contribution in [0.15, 0.2) is 6.08 Å². The molecule has 5 nitrogen and oxygen atoms in total. The summed E-state index contributed by atoms with van der Waals surface area (Å²) in [5.41, 5.74) is 3.03. The van der Waals surface area contributed by atoms with Gasteiger partial charge in [-0.3, -0.25) is 9.48 Å². The van der Waals surface area contributed by atoms with Gasteiger partial charge in [-0.2, -0.15) is 5.10 Å². The summed E-state index contributed by atoms with van der Waals surface area (Å²) in [7, 11) is 1.91. The number of nitrogens with zero attached hydrogens (tertiary/aromatic N) is 3. The normalized spacial score (nSPS) is 19.4. The summed E-state index contributed by atoms with van der Waals surface area (Å²) in [4.78, 5) is 14.2. The molecule has 21 heavy (non-hydrogen) atoms. The molecule has 5 heteroatoms. The third kappa shape index (κ3) is 3.73. The SMILES string of the molecule is Cc1nn(C)c(C)c1C=CC(=O)N1CCCC(CCO)C1. The van der Waals surface area contributed by atoms with Crippen molar-refractivity contribution in [1.82, 2.24) is 14.7 Å². The van der Waals surface area contributed by atoms with Gasteiger partial charge in [-0.15, -0.1) is 0 Å². The Hall–Kier alpha value is -1.62. The molecule has 0 bridgehead atoms. The standard InChI is InChI=1S/C16H25N3O2/c1-12-15(13(2)18(3)17-12)6-7-16(21)19-9-4-5-14(11-19)8-10-20/h6-7,14,20H,4-5,8-11H2,1-3H3. The van der Waals surface area contributed by atoms with Crippen LogP contribution in [0.3, 0.4) is 0 Å². The Morgan fingerprint density at radius 3 is 2.86 bits per heavy atom. The molecule has 1 saturated heterocycles. The Morgan fingerprint density at radius 1 is 1.48 bits per heavy atom. The van der Waals surface area contributed by atoms with Crippen LogP contribution in [-0.2, 0) is 11.8 Å². The molecule has 1 aromatic rings. The monoisotopic (exact) mass is 291 g/mol. The van der Waals surface area contributed by atoms with Gasteiger partial charge in [-0.25, -0.2) is 0 Å². The third-order valence-corrected chi connectivity index (χ3v) is 4.33. The van der Waals surface area contributed by atoms with Gasteiger partial charge in [-0.1, -0.05) is 0 Å². The smallest absolute Gasteiger partial charge is 0.246 e. The van der Waals surface area contributed by atoms with E-state index in [9.17, 15) is 4.79 Å². The molecule has 1 amide bonds. The molecular formula is C16H25N3O2. The Morgan fingerprint density at radius 2 is 2.24 bits per heavy atom. The molecule has 0 radical (unpaired) electrons. The molecule has 2 heterocycles. The lowest BCUT2D eigenvalue weighted by Gasteiger charge is -2.31. The van der Waals surface area contributed by atoms with Gasteiger partial charge in [0.05, 0.1) is 5.69 Å². The molecule has 0 aromatic carbocycles. The van der Waals surface area contributed by atoms with Crippen molar-refractivity contribution in [3.63, 3.8) is 0 Å². The fourth-order valence-corrected chi connectivity index (χ4v) is 2.97. The summed E-state index contributed by atoms with van der Waals surface area (Å²) in [5, 5.41) is 13.4. The molecule has 1 fully saturated rings. The minimum atomic E-state index is 0.0558. The predicted octanol–water partition coefficient (Wildman–Crippen LogP) is 1.67. The minimum absolute atomic E-state index is 0.0558. The van der Waals surface area contributed by atoms with Crippen molar-refractivity contribution in [3.8, 4) is 0 Å². The van der Waals surface area contributed by atoms with Gasteiger partial charge in [0.15, 0.2) is 0 Å². The first-order valence-electron chi connectivity index (χ1n) is 7.61. The van der Waals surface area contributed by atoms with Gasteiger partial charge in [-0.05, 0) is 45.1 Å². The largest absolute Gasteiger partial charge is 0.396 e. The van der Waals surface area contributed by atoms with E-state index in [2.05, 4.69) is 5.10 Å². The first-order valence-corrected chi connectivity index (χ1v) is 7.61. The number of carbonyl (C=O) groups is 1. The van der Waals surface area contributed by atoms with E-state index < -0.39 is 0 Å². The van der Waals surface area contributed by atoms with E-state index in [0.717, 1.165) is 49.3 Å². The molecule has 0 aliphatic carbocycles. The van der Waals surface area contributed by atoms with Crippen LogP contribution >= 0.6 is 0 Å².